The van der Waals surface area contributed by atoms with Crippen molar-refractivity contribution in [1.82, 2.24) is 10.4 Å². The lowest BCUT2D eigenvalue weighted by atomic mass is 10.1. The molecular formula is C31H24Cl2N4O2S. The molecule has 0 aliphatic rings. The van der Waals surface area contributed by atoms with Gasteiger partial charge in [-0.1, -0.05) is 59.1 Å². The summed E-state index contributed by atoms with van der Waals surface area (Å²) in [5.74, 6) is 0.382. The molecule has 4 aromatic carbocycles. The Kier molecular flexibility index (Phi) is 8.76. The topological polar surface area (TPSA) is 75.6 Å². The zero-order valence-electron chi connectivity index (χ0n) is 21.4. The van der Waals surface area contributed by atoms with Crippen molar-refractivity contribution in [3.8, 4) is 17.0 Å². The van der Waals surface area contributed by atoms with E-state index in [9.17, 15) is 4.79 Å². The van der Waals surface area contributed by atoms with Crippen LogP contribution in [-0.2, 0) is 6.61 Å². The molecule has 2 N–H and O–H groups in total. The minimum atomic E-state index is -0.303. The van der Waals surface area contributed by atoms with E-state index in [0.29, 0.717) is 28.0 Å². The molecule has 6 nitrogen and oxygen atoms in total. The van der Waals surface area contributed by atoms with Gasteiger partial charge >= 0.3 is 0 Å². The van der Waals surface area contributed by atoms with Crippen LogP contribution in [0.4, 0.5) is 10.8 Å². The van der Waals surface area contributed by atoms with Crippen LogP contribution in [0.25, 0.3) is 11.3 Å². The van der Waals surface area contributed by atoms with Gasteiger partial charge < -0.3 is 10.1 Å². The molecule has 5 rings (SSSR count). The molecule has 0 saturated carbocycles. The minimum Gasteiger partial charge on any atom is -0.489 e. The summed E-state index contributed by atoms with van der Waals surface area (Å²) in [5, 5.41) is 11.3. The number of amides is 1. The Balaban J connectivity index is 1.12. The number of nitrogens with zero attached hydrogens (tertiary/aromatic N) is 2. The standard InChI is InChI=1S/C31H24Cl2N4O2S/c1-20-2-12-26(13-3-20)35-31-36-29(19-40-31)22-6-8-23(9-7-22)30(38)37-34-17-21-4-14-27(15-5-21)39-18-24-10-11-25(32)16-28(24)33/h2-17,19H,18H2,1H3,(H,35,36)(H,37,38)/b34-17-. The van der Waals surface area contributed by atoms with Gasteiger partial charge in [-0.05, 0) is 73.2 Å². The fourth-order valence-electron chi connectivity index (χ4n) is 3.70. The Labute approximate surface area is 246 Å². The van der Waals surface area contributed by atoms with E-state index >= 15 is 0 Å². The normalized spacial score (nSPS) is 11.0. The maximum atomic E-state index is 12.5. The first-order chi connectivity index (χ1) is 19.4. The van der Waals surface area contributed by atoms with Crippen LogP contribution >= 0.6 is 34.5 Å². The molecule has 9 heteroatoms. The first-order valence-corrected chi connectivity index (χ1v) is 14.0. The summed E-state index contributed by atoms with van der Waals surface area (Å²) in [4.78, 5) is 17.2. The van der Waals surface area contributed by atoms with Gasteiger partial charge in [-0.2, -0.15) is 5.10 Å². The lowest BCUT2D eigenvalue weighted by molar-refractivity contribution is 0.0955. The van der Waals surface area contributed by atoms with Crippen LogP contribution in [0.5, 0.6) is 5.75 Å². The number of anilines is 2. The average Bonchev–Trinajstić information content (AvgIpc) is 3.43. The molecule has 0 radical (unpaired) electrons. The number of hydrazone groups is 1. The molecule has 40 heavy (non-hydrogen) atoms. The van der Waals surface area contributed by atoms with Crippen molar-refractivity contribution in [2.75, 3.05) is 5.32 Å². The van der Waals surface area contributed by atoms with Crippen molar-refractivity contribution in [2.45, 2.75) is 13.5 Å². The van der Waals surface area contributed by atoms with Gasteiger partial charge in [-0.15, -0.1) is 11.3 Å². The van der Waals surface area contributed by atoms with E-state index in [0.717, 1.165) is 33.2 Å². The zero-order chi connectivity index (χ0) is 27.9. The van der Waals surface area contributed by atoms with Gasteiger partial charge in [0.15, 0.2) is 5.13 Å². The highest BCUT2D eigenvalue weighted by Crippen LogP contribution is 2.28. The van der Waals surface area contributed by atoms with Gasteiger partial charge in [0.2, 0.25) is 0 Å². The molecule has 0 fully saturated rings. The second-order valence-corrected chi connectivity index (χ2v) is 10.6. The summed E-state index contributed by atoms with van der Waals surface area (Å²) in [6.45, 7) is 2.38. The predicted octanol–water partition coefficient (Wildman–Crippen LogP) is 8.51. The number of benzene rings is 4. The largest absolute Gasteiger partial charge is 0.489 e. The van der Waals surface area contributed by atoms with Crippen LogP contribution < -0.4 is 15.5 Å². The molecule has 0 spiro atoms. The molecule has 0 saturated heterocycles. The Bertz CT molecular complexity index is 1630. The number of carbonyl (C=O) groups excluding carboxylic acids is 1. The van der Waals surface area contributed by atoms with Crippen molar-refractivity contribution in [2.24, 2.45) is 5.10 Å². The molecule has 1 aromatic heterocycles. The van der Waals surface area contributed by atoms with E-state index in [2.05, 4.69) is 39.9 Å². The maximum absolute atomic E-state index is 12.5. The Morgan fingerprint density at radius 1 is 0.975 bits per heavy atom. The number of ether oxygens (including phenoxy) is 1. The van der Waals surface area contributed by atoms with E-state index in [1.54, 1.807) is 30.5 Å². The van der Waals surface area contributed by atoms with Gasteiger partial charge in [0.05, 0.1) is 11.9 Å². The summed E-state index contributed by atoms with van der Waals surface area (Å²) in [5.41, 5.74) is 8.68. The molecule has 0 bridgehead atoms. The van der Waals surface area contributed by atoms with Crippen LogP contribution in [0.1, 0.15) is 27.0 Å². The van der Waals surface area contributed by atoms with E-state index in [1.807, 2.05) is 60.0 Å². The number of halogens is 2. The number of carbonyl (C=O) groups is 1. The predicted molar refractivity (Wildman–Crippen MR) is 164 cm³/mol. The van der Waals surface area contributed by atoms with E-state index in [4.69, 9.17) is 27.9 Å². The number of hydrogen-bond acceptors (Lipinski definition) is 6. The highest BCUT2D eigenvalue weighted by Gasteiger charge is 2.08. The third-order valence-corrected chi connectivity index (χ3v) is 7.26. The Hall–Kier alpha value is -4.17. The van der Waals surface area contributed by atoms with Crippen LogP contribution in [0.15, 0.2) is 101 Å². The van der Waals surface area contributed by atoms with Crippen LogP contribution in [-0.4, -0.2) is 17.1 Å². The molecule has 0 atom stereocenters. The second-order valence-electron chi connectivity index (χ2n) is 8.90. The number of rotatable bonds is 9. The Morgan fingerprint density at radius 3 is 2.45 bits per heavy atom. The number of hydrogen-bond donors (Lipinski definition) is 2. The summed E-state index contributed by atoms with van der Waals surface area (Å²) >= 11 is 13.7. The van der Waals surface area contributed by atoms with E-state index in [-0.39, 0.29) is 5.91 Å². The summed E-state index contributed by atoms with van der Waals surface area (Å²) in [7, 11) is 0. The molecule has 0 aliphatic carbocycles. The molecule has 0 aliphatic heterocycles. The number of nitrogens with one attached hydrogen (secondary N) is 2. The zero-order valence-corrected chi connectivity index (χ0v) is 23.7. The van der Waals surface area contributed by atoms with Crippen LogP contribution in [0, 0.1) is 6.92 Å². The summed E-state index contributed by atoms with van der Waals surface area (Å²) in [6.07, 6.45) is 1.57. The van der Waals surface area contributed by atoms with E-state index < -0.39 is 0 Å². The summed E-state index contributed by atoms with van der Waals surface area (Å²) in [6, 6.07) is 28.1. The third kappa shape index (κ3) is 7.27. The van der Waals surface area contributed by atoms with Crippen molar-refractivity contribution in [3.63, 3.8) is 0 Å². The number of thiazole rings is 1. The lowest BCUT2D eigenvalue weighted by Crippen LogP contribution is -2.17. The van der Waals surface area contributed by atoms with Crippen molar-refractivity contribution in [3.05, 3.63) is 129 Å². The van der Waals surface area contributed by atoms with Gasteiger partial charge in [0.25, 0.3) is 5.91 Å². The molecule has 1 heterocycles. The summed E-state index contributed by atoms with van der Waals surface area (Å²) < 4.78 is 5.79. The fraction of sp³-hybridized carbons (Fsp3) is 0.0645. The monoisotopic (exact) mass is 586 g/mol. The fourth-order valence-corrected chi connectivity index (χ4v) is 4.90. The highest BCUT2D eigenvalue weighted by molar-refractivity contribution is 7.14. The molecular weight excluding hydrogens is 563 g/mol. The van der Waals surface area contributed by atoms with E-state index in [1.165, 1.54) is 16.9 Å². The van der Waals surface area contributed by atoms with Gasteiger partial charge in [-0.25, -0.2) is 10.4 Å². The lowest BCUT2D eigenvalue weighted by Gasteiger charge is -2.08. The van der Waals surface area contributed by atoms with Crippen molar-refractivity contribution >= 4 is 57.5 Å². The number of aryl methyl sites for hydroxylation is 1. The number of aromatic nitrogens is 1. The average molecular weight is 588 g/mol. The van der Waals surface area contributed by atoms with Gasteiger partial charge in [0.1, 0.15) is 12.4 Å². The van der Waals surface area contributed by atoms with Crippen molar-refractivity contribution < 1.29 is 9.53 Å². The quantitative estimate of drug-likeness (QED) is 0.134. The third-order valence-electron chi connectivity index (χ3n) is 5.92. The van der Waals surface area contributed by atoms with Gasteiger partial charge in [-0.3, -0.25) is 4.79 Å². The first kappa shape index (κ1) is 27.4. The maximum Gasteiger partial charge on any atom is 0.271 e. The molecule has 200 valence electrons. The van der Waals surface area contributed by atoms with Crippen LogP contribution in [0.3, 0.4) is 0 Å². The smallest absolute Gasteiger partial charge is 0.271 e. The second kappa shape index (κ2) is 12.8. The Morgan fingerprint density at radius 2 is 1.73 bits per heavy atom. The molecule has 1 amide bonds. The highest BCUT2D eigenvalue weighted by atomic mass is 35.5. The molecule has 5 aromatic rings. The van der Waals surface area contributed by atoms with Gasteiger partial charge in [0, 0.05) is 37.8 Å². The minimum absolute atomic E-state index is 0.303. The SMILES string of the molecule is Cc1ccc(Nc2nc(-c3ccc(C(=O)N/N=C\c4ccc(OCc5ccc(Cl)cc5Cl)cc4)cc3)cs2)cc1. The van der Waals surface area contributed by atoms with Crippen molar-refractivity contribution in [1.29, 1.82) is 0 Å². The molecule has 0 unspecified atom stereocenters. The first-order valence-electron chi connectivity index (χ1n) is 12.3. The van der Waals surface area contributed by atoms with Crippen LogP contribution in [0.2, 0.25) is 10.0 Å².